The van der Waals surface area contributed by atoms with Crippen LogP contribution in [-0.2, 0) is 6.54 Å². The normalized spacial score (nSPS) is 11.9. The van der Waals surface area contributed by atoms with Crippen molar-refractivity contribution in [1.82, 2.24) is 10.2 Å². The standard InChI is InChI=1S/C12H18N2O2.2ClH/c1-14(2)6-5-13-8-10-3-4-11-12(7-10)16-9-15-11;;/h3-4,7,13H,5-6,8-9H2,1-2H3;2*1H/p-2. The number of hydrogen-bond donors (Lipinski definition) is 1. The van der Waals surface area contributed by atoms with Crippen molar-refractivity contribution in [3.05, 3.63) is 23.8 Å². The molecule has 0 fully saturated rings. The van der Waals surface area contributed by atoms with Crippen LogP contribution in [0.4, 0.5) is 0 Å². The smallest absolute Gasteiger partial charge is 0.231 e. The van der Waals surface area contributed by atoms with Crippen LogP contribution in [0.15, 0.2) is 18.2 Å². The number of benzene rings is 1. The second-order valence-corrected chi connectivity index (χ2v) is 4.17. The first-order valence-corrected chi connectivity index (χ1v) is 5.49. The van der Waals surface area contributed by atoms with Crippen molar-refractivity contribution in [1.29, 1.82) is 0 Å². The highest BCUT2D eigenvalue weighted by Crippen LogP contribution is 2.32. The van der Waals surface area contributed by atoms with Gasteiger partial charge >= 0.3 is 0 Å². The maximum atomic E-state index is 5.33. The number of nitrogens with one attached hydrogen (secondary N) is 1. The Balaban J connectivity index is 0.00000144. The molecule has 1 heterocycles. The summed E-state index contributed by atoms with van der Waals surface area (Å²) in [6.07, 6.45) is 0. The fraction of sp³-hybridized carbons (Fsp3) is 0.500. The highest BCUT2D eigenvalue weighted by molar-refractivity contribution is 5.44. The molecule has 1 N–H and O–H groups in total. The molecule has 6 heteroatoms. The van der Waals surface area contributed by atoms with Crippen molar-refractivity contribution in [2.75, 3.05) is 34.0 Å². The van der Waals surface area contributed by atoms with Gasteiger partial charge in [0.15, 0.2) is 11.5 Å². The molecule has 0 saturated carbocycles. The highest BCUT2D eigenvalue weighted by Gasteiger charge is 2.12. The summed E-state index contributed by atoms with van der Waals surface area (Å²) >= 11 is 0. The number of nitrogens with zero attached hydrogens (tertiary/aromatic N) is 1. The number of fused-ring (bicyclic) bond motifs is 1. The van der Waals surface area contributed by atoms with Gasteiger partial charge in [-0.05, 0) is 31.8 Å². The summed E-state index contributed by atoms with van der Waals surface area (Å²) < 4.78 is 10.6. The molecule has 4 nitrogen and oxygen atoms in total. The van der Waals surface area contributed by atoms with E-state index in [2.05, 4.69) is 30.4 Å². The Labute approximate surface area is 120 Å². The zero-order chi connectivity index (χ0) is 11.4. The zero-order valence-corrected chi connectivity index (χ0v) is 12.1. The van der Waals surface area contributed by atoms with E-state index in [4.69, 9.17) is 9.47 Å². The average Bonchev–Trinajstić information content (AvgIpc) is 2.71. The van der Waals surface area contributed by atoms with Gasteiger partial charge in [-0.1, -0.05) is 6.07 Å². The molecule has 0 unspecified atom stereocenters. The summed E-state index contributed by atoms with van der Waals surface area (Å²) in [6.45, 7) is 3.24. The minimum Gasteiger partial charge on any atom is -1.00 e. The fourth-order valence-electron chi connectivity index (χ4n) is 1.59. The lowest BCUT2D eigenvalue weighted by Crippen LogP contribution is -3.00. The first kappa shape index (κ1) is 17.3. The second kappa shape index (κ2) is 8.43. The van der Waals surface area contributed by atoms with Crippen LogP contribution < -0.4 is 39.6 Å². The molecule has 1 aromatic carbocycles. The lowest BCUT2D eigenvalue weighted by molar-refractivity contribution is -0.00100. The van der Waals surface area contributed by atoms with E-state index in [1.807, 2.05) is 12.1 Å². The van der Waals surface area contributed by atoms with Gasteiger partial charge in [0.1, 0.15) is 0 Å². The fourth-order valence-corrected chi connectivity index (χ4v) is 1.59. The predicted octanol–water partition coefficient (Wildman–Crippen LogP) is -4.93. The van der Waals surface area contributed by atoms with Crippen LogP contribution in [0, 0.1) is 0 Å². The molecule has 0 amide bonds. The first-order valence-electron chi connectivity index (χ1n) is 5.49. The number of halogens is 2. The molecule has 1 aliphatic heterocycles. The maximum Gasteiger partial charge on any atom is 0.231 e. The number of rotatable bonds is 5. The van der Waals surface area contributed by atoms with Gasteiger partial charge in [0.25, 0.3) is 0 Å². The van der Waals surface area contributed by atoms with E-state index in [1.165, 1.54) is 5.56 Å². The van der Waals surface area contributed by atoms with Gasteiger partial charge in [0.2, 0.25) is 6.79 Å². The molecule has 104 valence electrons. The van der Waals surface area contributed by atoms with Gasteiger partial charge in [-0.15, -0.1) is 0 Å². The third-order valence-corrected chi connectivity index (χ3v) is 2.50. The van der Waals surface area contributed by atoms with Gasteiger partial charge in [-0.3, -0.25) is 0 Å². The van der Waals surface area contributed by atoms with Crippen LogP contribution in [0.25, 0.3) is 0 Å². The van der Waals surface area contributed by atoms with E-state index >= 15 is 0 Å². The Kier molecular flexibility index (Phi) is 8.11. The molecule has 0 aliphatic carbocycles. The van der Waals surface area contributed by atoms with E-state index < -0.39 is 0 Å². The summed E-state index contributed by atoms with van der Waals surface area (Å²) in [5, 5.41) is 3.39. The quantitative estimate of drug-likeness (QED) is 0.552. The van der Waals surface area contributed by atoms with Gasteiger partial charge in [0.05, 0.1) is 0 Å². The van der Waals surface area contributed by atoms with Gasteiger partial charge in [-0.25, -0.2) is 0 Å². The SMILES string of the molecule is CN(C)CCNCc1ccc2c(c1)OCO2.[Cl-].[Cl-]. The summed E-state index contributed by atoms with van der Waals surface area (Å²) in [4.78, 5) is 2.16. The molecule has 1 aromatic rings. The van der Waals surface area contributed by atoms with Crippen LogP contribution in [0.5, 0.6) is 11.5 Å². The highest BCUT2D eigenvalue weighted by atomic mass is 35.5. The molecule has 0 atom stereocenters. The second-order valence-electron chi connectivity index (χ2n) is 4.17. The molecule has 0 aromatic heterocycles. The molecule has 2 rings (SSSR count). The van der Waals surface area contributed by atoms with Crippen molar-refractivity contribution >= 4 is 0 Å². The average molecular weight is 293 g/mol. The lowest BCUT2D eigenvalue weighted by Gasteiger charge is -2.10. The molecular formula is C12H18Cl2N2O2-2. The van der Waals surface area contributed by atoms with Crippen LogP contribution >= 0.6 is 0 Å². The summed E-state index contributed by atoms with van der Waals surface area (Å²) in [5.74, 6) is 1.70. The summed E-state index contributed by atoms with van der Waals surface area (Å²) in [7, 11) is 4.14. The third-order valence-electron chi connectivity index (χ3n) is 2.50. The summed E-state index contributed by atoms with van der Waals surface area (Å²) in [5.41, 5.74) is 1.23. The van der Waals surface area contributed by atoms with E-state index in [0.29, 0.717) is 6.79 Å². The van der Waals surface area contributed by atoms with E-state index in [9.17, 15) is 0 Å². The Morgan fingerprint density at radius 1 is 1.17 bits per heavy atom. The van der Waals surface area contributed by atoms with Crippen molar-refractivity contribution < 1.29 is 34.3 Å². The number of likely N-dealkylation sites (N-methyl/N-ethyl adjacent to an activating group) is 1. The first-order chi connectivity index (χ1) is 7.75. The zero-order valence-electron chi connectivity index (χ0n) is 10.6. The van der Waals surface area contributed by atoms with E-state index in [-0.39, 0.29) is 24.8 Å². The summed E-state index contributed by atoms with van der Waals surface area (Å²) in [6, 6.07) is 6.06. The minimum atomic E-state index is 0. The monoisotopic (exact) mass is 292 g/mol. The van der Waals surface area contributed by atoms with Crippen molar-refractivity contribution in [2.45, 2.75) is 6.54 Å². The lowest BCUT2D eigenvalue weighted by atomic mass is 10.2. The molecule has 18 heavy (non-hydrogen) atoms. The molecule has 1 aliphatic rings. The number of ether oxygens (including phenoxy) is 2. The molecule has 0 bridgehead atoms. The third kappa shape index (κ3) is 4.90. The topological polar surface area (TPSA) is 33.7 Å². The molecule has 0 saturated heterocycles. The van der Waals surface area contributed by atoms with E-state index in [0.717, 1.165) is 31.1 Å². The number of hydrogen-bond acceptors (Lipinski definition) is 4. The minimum absolute atomic E-state index is 0. The van der Waals surface area contributed by atoms with Crippen LogP contribution in [0.1, 0.15) is 5.56 Å². The van der Waals surface area contributed by atoms with Crippen LogP contribution in [0.2, 0.25) is 0 Å². The Morgan fingerprint density at radius 3 is 2.61 bits per heavy atom. The van der Waals surface area contributed by atoms with Crippen molar-refractivity contribution in [3.8, 4) is 11.5 Å². The maximum absolute atomic E-state index is 5.33. The van der Waals surface area contributed by atoms with Crippen LogP contribution in [0.3, 0.4) is 0 Å². The van der Waals surface area contributed by atoms with Crippen molar-refractivity contribution in [2.24, 2.45) is 0 Å². The van der Waals surface area contributed by atoms with Crippen molar-refractivity contribution in [3.63, 3.8) is 0 Å². The Hall–Kier alpha value is -0.680. The predicted molar refractivity (Wildman–Crippen MR) is 62.8 cm³/mol. The van der Waals surface area contributed by atoms with Gasteiger partial charge < -0.3 is 44.5 Å². The Morgan fingerprint density at radius 2 is 1.89 bits per heavy atom. The van der Waals surface area contributed by atoms with E-state index in [1.54, 1.807) is 0 Å². The van der Waals surface area contributed by atoms with Gasteiger partial charge in [0, 0.05) is 19.6 Å². The molecule has 0 radical (unpaired) electrons. The largest absolute Gasteiger partial charge is 1.00 e. The van der Waals surface area contributed by atoms with Crippen LogP contribution in [-0.4, -0.2) is 38.9 Å². The Bertz CT molecular complexity index is 362. The molecule has 0 spiro atoms. The van der Waals surface area contributed by atoms with Gasteiger partial charge in [-0.2, -0.15) is 0 Å². The molecular weight excluding hydrogens is 275 g/mol.